The van der Waals surface area contributed by atoms with Gasteiger partial charge in [-0.25, -0.2) is 0 Å². The lowest BCUT2D eigenvalue weighted by Gasteiger charge is -2.18. The van der Waals surface area contributed by atoms with Crippen molar-refractivity contribution >= 4 is 11.5 Å². The van der Waals surface area contributed by atoms with E-state index in [1.54, 1.807) is 24.3 Å². The van der Waals surface area contributed by atoms with Crippen molar-refractivity contribution in [3.05, 3.63) is 65.9 Å². The first kappa shape index (κ1) is 14.2. The first-order valence-corrected chi connectivity index (χ1v) is 7.17. The van der Waals surface area contributed by atoms with Gasteiger partial charge in [-0.05, 0) is 37.3 Å². The van der Waals surface area contributed by atoms with E-state index in [0.29, 0.717) is 30.3 Å². The zero-order valence-electron chi connectivity index (χ0n) is 12.3. The van der Waals surface area contributed by atoms with E-state index in [2.05, 4.69) is 5.32 Å². The zero-order valence-corrected chi connectivity index (χ0v) is 12.3. The van der Waals surface area contributed by atoms with Crippen molar-refractivity contribution in [2.45, 2.75) is 6.92 Å². The maximum absolute atomic E-state index is 12.3. The van der Waals surface area contributed by atoms with Gasteiger partial charge in [-0.15, -0.1) is 0 Å². The number of rotatable bonds is 4. The number of ether oxygens (including phenoxy) is 2. The fourth-order valence-corrected chi connectivity index (χ4v) is 2.26. The molecular formula is C18H17NO3. The number of hydrogen-bond acceptors (Lipinski definition) is 4. The number of carbonyl (C=O) groups excluding carboxylic acids is 1. The minimum Gasteiger partial charge on any atom is -0.486 e. The molecular weight excluding hydrogens is 278 g/mol. The average Bonchev–Trinajstić information content (AvgIpc) is 2.55. The number of anilines is 1. The molecule has 1 heterocycles. The molecule has 1 N–H and O–H groups in total. The van der Waals surface area contributed by atoms with Crippen molar-refractivity contribution in [3.8, 4) is 11.5 Å². The summed E-state index contributed by atoms with van der Waals surface area (Å²) in [5.74, 6) is 1.24. The second-order valence-electron chi connectivity index (χ2n) is 5.04. The summed E-state index contributed by atoms with van der Waals surface area (Å²) in [6.45, 7) is 2.91. The minimum absolute atomic E-state index is 0.0714. The molecule has 4 heteroatoms. The lowest BCUT2D eigenvalue weighted by Crippen LogP contribution is -2.15. The summed E-state index contributed by atoms with van der Waals surface area (Å²) >= 11 is 0. The first-order chi connectivity index (χ1) is 10.7. The first-order valence-electron chi connectivity index (χ1n) is 7.17. The van der Waals surface area contributed by atoms with Gasteiger partial charge in [0.2, 0.25) is 0 Å². The third-order valence-corrected chi connectivity index (χ3v) is 3.29. The van der Waals surface area contributed by atoms with E-state index in [-0.39, 0.29) is 5.78 Å². The number of allylic oxidation sites excluding steroid dienone is 2. The van der Waals surface area contributed by atoms with E-state index >= 15 is 0 Å². The summed E-state index contributed by atoms with van der Waals surface area (Å²) < 4.78 is 11.0. The molecule has 112 valence electrons. The Balaban J connectivity index is 1.74. The van der Waals surface area contributed by atoms with Gasteiger partial charge in [0.05, 0.1) is 0 Å². The monoisotopic (exact) mass is 295 g/mol. The van der Waals surface area contributed by atoms with Gasteiger partial charge in [0.15, 0.2) is 17.3 Å². The normalized spacial score (nSPS) is 13.6. The molecule has 0 saturated carbocycles. The number of carbonyl (C=O) groups is 1. The molecule has 2 aromatic carbocycles. The van der Waals surface area contributed by atoms with Gasteiger partial charge in [-0.1, -0.05) is 18.2 Å². The maximum Gasteiger partial charge on any atom is 0.187 e. The van der Waals surface area contributed by atoms with Crippen molar-refractivity contribution in [1.82, 2.24) is 0 Å². The number of ketones is 1. The van der Waals surface area contributed by atoms with E-state index in [1.165, 1.54) is 0 Å². The molecule has 0 saturated heterocycles. The Morgan fingerprint density at radius 2 is 1.77 bits per heavy atom. The van der Waals surface area contributed by atoms with E-state index in [4.69, 9.17) is 9.47 Å². The average molecular weight is 295 g/mol. The molecule has 2 aromatic rings. The number of fused-ring (bicyclic) bond motifs is 1. The number of para-hydroxylation sites is 1. The highest BCUT2D eigenvalue weighted by Gasteiger charge is 2.14. The summed E-state index contributed by atoms with van der Waals surface area (Å²) in [6, 6.07) is 15.0. The molecule has 0 amide bonds. The van der Waals surface area contributed by atoms with Crippen molar-refractivity contribution < 1.29 is 14.3 Å². The van der Waals surface area contributed by atoms with Crippen LogP contribution in [0.4, 0.5) is 5.69 Å². The van der Waals surface area contributed by atoms with Crippen LogP contribution < -0.4 is 14.8 Å². The third kappa shape index (κ3) is 3.28. The number of hydrogen-bond donors (Lipinski definition) is 1. The summed E-state index contributed by atoms with van der Waals surface area (Å²) in [5.41, 5.74) is 2.32. The Kier molecular flexibility index (Phi) is 4.10. The molecule has 0 radical (unpaired) electrons. The van der Waals surface area contributed by atoms with Crippen LogP contribution in [0.2, 0.25) is 0 Å². The van der Waals surface area contributed by atoms with Crippen LogP contribution in [0.15, 0.2) is 60.3 Å². The second kappa shape index (κ2) is 6.35. The standard InChI is InChI=1S/C18H17NO3/c1-13(19-15-5-3-2-4-6-15)11-16(20)14-7-8-17-18(12-14)22-10-9-21-17/h2-8,11-12,19H,9-10H2,1H3. The fraction of sp³-hybridized carbons (Fsp3) is 0.167. The second-order valence-corrected chi connectivity index (χ2v) is 5.04. The summed E-state index contributed by atoms with van der Waals surface area (Å²) in [7, 11) is 0. The van der Waals surface area contributed by atoms with Crippen LogP contribution in [0.5, 0.6) is 11.5 Å². The van der Waals surface area contributed by atoms with Crippen LogP contribution in [-0.4, -0.2) is 19.0 Å². The topological polar surface area (TPSA) is 47.6 Å². The molecule has 4 nitrogen and oxygen atoms in total. The largest absolute Gasteiger partial charge is 0.486 e. The van der Waals surface area contributed by atoms with Crippen LogP contribution in [0.1, 0.15) is 17.3 Å². The summed E-state index contributed by atoms with van der Waals surface area (Å²) in [5, 5.41) is 3.19. The van der Waals surface area contributed by atoms with Gasteiger partial charge in [-0.2, -0.15) is 0 Å². The van der Waals surface area contributed by atoms with Gasteiger partial charge in [0, 0.05) is 23.0 Å². The number of benzene rings is 2. The molecule has 0 aliphatic carbocycles. The Bertz CT molecular complexity index is 708. The SMILES string of the molecule is CC(=CC(=O)c1ccc2c(c1)OCCO2)Nc1ccccc1. The van der Waals surface area contributed by atoms with Crippen LogP contribution in [0.25, 0.3) is 0 Å². The Morgan fingerprint density at radius 3 is 2.55 bits per heavy atom. The lowest BCUT2D eigenvalue weighted by atomic mass is 10.1. The van der Waals surface area contributed by atoms with E-state index in [9.17, 15) is 4.79 Å². The lowest BCUT2D eigenvalue weighted by molar-refractivity contribution is 0.104. The summed E-state index contributed by atoms with van der Waals surface area (Å²) in [6.07, 6.45) is 1.58. The third-order valence-electron chi connectivity index (χ3n) is 3.29. The molecule has 0 aromatic heterocycles. The van der Waals surface area contributed by atoms with Gasteiger partial charge < -0.3 is 14.8 Å². The smallest absolute Gasteiger partial charge is 0.187 e. The molecule has 3 rings (SSSR count). The molecule has 0 unspecified atom stereocenters. The highest BCUT2D eigenvalue weighted by Crippen LogP contribution is 2.31. The van der Waals surface area contributed by atoms with E-state index in [1.807, 2.05) is 37.3 Å². The molecule has 22 heavy (non-hydrogen) atoms. The Labute approximate surface area is 129 Å². The molecule has 0 bridgehead atoms. The molecule has 0 atom stereocenters. The highest BCUT2D eigenvalue weighted by molar-refractivity contribution is 6.05. The highest BCUT2D eigenvalue weighted by atomic mass is 16.6. The van der Waals surface area contributed by atoms with E-state index < -0.39 is 0 Å². The zero-order chi connectivity index (χ0) is 15.4. The van der Waals surface area contributed by atoms with Gasteiger partial charge in [0.25, 0.3) is 0 Å². The van der Waals surface area contributed by atoms with Crippen LogP contribution >= 0.6 is 0 Å². The maximum atomic E-state index is 12.3. The minimum atomic E-state index is -0.0714. The van der Waals surface area contributed by atoms with Crippen LogP contribution in [0.3, 0.4) is 0 Å². The molecule has 1 aliphatic rings. The van der Waals surface area contributed by atoms with Gasteiger partial charge >= 0.3 is 0 Å². The van der Waals surface area contributed by atoms with Crippen LogP contribution in [0, 0.1) is 0 Å². The summed E-state index contributed by atoms with van der Waals surface area (Å²) in [4.78, 5) is 12.3. The van der Waals surface area contributed by atoms with Gasteiger partial charge in [0.1, 0.15) is 13.2 Å². The van der Waals surface area contributed by atoms with Gasteiger partial charge in [-0.3, -0.25) is 4.79 Å². The Morgan fingerprint density at radius 1 is 1.05 bits per heavy atom. The quantitative estimate of drug-likeness (QED) is 0.691. The van der Waals surface area contributed by atoms with Crippen LogP contribution in [-0.2, 0) is 0 Å². The predicted molar refractivity (Wildman–Crippen MR) is 85.6 cm³/mol. The van der Waals surface area contributed by atoms with Crippen molar-refractivity contribution in [1.29, 1.82) is 0 Å². The predicted octanol–water partition coefficient (Wildman–Crippen LogP) is 3.66. The van der Waals surface area contributed by atoms with E-state index in [0.717, 1.165) is 11.4 Å². The fourth-order valence-electron chi connectivity index (χ4n) is 2.26. The van der Waals surface area contributed by atoms with Crippen molar-refractivity contribution in [3.63, 3.8) is 0 Å². The Hall–Kier alpha value is -2.75. The van der Waals surface area contributed by atoms with Crippen molar-refractivity contribution in [2.75, 3.05) is 18.5 Å². The molecule has 0 spiro atoms. The van der Waals surface area contributed by atoms with Crippen molar-refractivity contribution in [2.24, 2.45) is 0 Å². The molecule has 1 aliphatic heterocycles. The molecule has 0 fully saturated rings. The number of nitrogens with one attached hydrogen (secondary N) is 1.